The number of hydrogen-bond donors (Lipinski definition) is 1. The summed E-state index contributed by atoms with van der Waals surface area (Å²) in [6, 6.07) is 4.21. The van der Waals surface area contributed by atoms with Crippen LogP contribution in [0.3, 0.4) is 0 Å². The highest BCUT2D eigenvalue weighted by atomic mass is 19.1. The first-order valence-electron chi connectivity index (χ1n) is 4.34. The van der Waals surface area contributed by atoms with Crippen LogP contribution >= 0.6 is 0 Å². The Morgan fingerprint density at radius 2 is 2.12 bits per heavy atom. The van der Waals surface area contributed by atoms with Gasteiger partial charge in [0.25, 0.3) is 0 Å². The van der Waals surface area contributed by atoms with Crippen LogP contribution in [-0.4, -0.2) is 26.0 Å². The number of halogens is 1. The van der Waals surface area contributed by atoms with Gasteiger partial charge in [0.15, 0.2) is 5.69 Å². The number of hydrogen-bond acceptors (Lipinski definition) is 4. The third-order valence-electron chi connectivity index (χ3n) is 1.92. The number of carbonyl (C=O) groups is 1. The molecule has 2 heterocycles. The lowest BCUT2D eigenvalue weighted by molar-refractivity contribution is 0.0690. The minimum atomic E-state index is -1.19. The van der Waals surface area contributed by atoms with Gasteiger partial charge in [0.2, 0.25) is 5.95 Å². The van der Waals surface area contributed by atoms with Crippen LogP contribution in [0.2, 0.25) is 0 Å². The molecule has 0 aliphatic carbocycles. The molecule has 80 valence electrons. The molecule has 6 heteroatoms. The average molecular weight is 219 g/mol. The Morgan fingerprint density at radius 1 is 1.31 bits per heavy atom. The molecule has 0 radical (unpaired) electrons. The van der Waals surface area contributed by atoms with Crippen LogP contribution in [0.15, 0.2) is 30.7 Å². The topological polar surface area (TPSA) is 76.0 Å². The summed E-state index contributed by atoms with van der Waals surface area (Å²) in [5, 5.41) is 8.73. The molecule has 2 aromatic heterocycles. The van der Waals surface area contributed by atoms with Crippen molar-refractivity contribution in [2.45, 2.75) is 0 Å². The van der Waals surface area contributed by atoms with Crippen LogP contribution in [-0.2, 0) is 0 Å². The SMILES string of the molecule is O=C(O)c1cc(-c2cccnc2F)ncn1. The Kier molecular flexibility index (Phi) is 2.55. The molecule has 0 amide bonds. The predicted molar refractivity (Wildman–Crippen MR) is 52.2 cm³/mol. The first-order valence-corrected chi connectivity index (χ1v) is 4.34. The highest BCUT2D eigenvalue weighted by Crippen LogP contribution is 2.18. The summed E-state index contributed by atoms with van der Waals surface area (Å²) >= 11 is 0. The molecular formula is C10H6FN3O2. The fourth-order valence-electron chi connectivity index (χ4n) is 1.20. The van der Waals surface area contributed by atoms with Crippen molar-refractivity contribution in [3.63, 3.8) is 0 Å². The maximum absolute atomic E-state index is 13.3. The molecule has 0 aliphatic heterocycles. The Balaban J connectivity index is 2.53. The van der Waals surface area contributed by atoms with E-state index in [4.69, 9.17) is 5.11 Å². The minimum absolute atomic E-state index is 0.146. The zero-order chi connectivity index (χ0) is 11.5. The van der Waals surface area contributed by atoms with E-state index in [2.05, 4.69) is 15.0 Å². The van der Waals surface area contributed by atoms with Crippen LogP contribution in [0.25, 0.3) is 11.3 Å². The highest BCUT2D eigenvalue weighted by Gasteiger charge is 2.10. The van der Waals surface area contributed by atoms with Crippen molar-refractivity contribution in [1.82, 2.24) is 15.0 Å². The number of carboxylic acid groups (broad SMARTS) is 1. The lowest BCUT2D eigenvalue weighted by Gasteiger charge is -2.01. The first-order chi connectivity index (χ1) is 7.68. The molecule has 0 aliphatic rings. The Morgan fingerprint density at radius 3 is 2.81 bits per heavy atom. The number of aromatic carboxylic acids is 1. The second kappa shape index (κ2) is 4.01. The van der Waals surface area contributed by atoms with Gasteiger partial charge < -0.3 is 5.11 Å². The quantitative estimate of drug-likeness (QED) is 0.772. The van der Waals surface area contributed by atoms with Gasteiger partial charge >= 0.3 is 5.97 Å². The summed E-state index contributed by atoms with van der Waals surface area (Å²) < 4.78 is 13.3. The molecule has 0 aromatic carbocycles. The van der Waals surface area contributed by atoms with Crippen molar-refractivity contribution in [1.29, 1.82) is 0 Å². The number of carboxylic acids is 1. The monoisotopic (exact) mass is 219 g/mol. The standard InChI is InChI=1S/C10H6FN3O2/c11-9-6(2-1-3-12-9)7-4-8(10(15)16)14-5-13-7/h1-5H,(H,15,16). The van der Waals surface area contributed by atoms with Gasteiger partial charge in [0.1, 0.15) is 6.33 Å². The van der Waals surface area contributed by atoms with Gasteiger partial charge in [0.05, 0.1) is 11.3 Å². The third kappa shape index (κ3) is 1.85. The molecule has 0 atom stereocenters. The summed E-state index contributed by atoms with van der Waals surface area (Å²) in [6.45, 7) is 0. The van der Waals surface area contributed by atoms with E-state index in [-0.39, 0.29) is 17.0 Å². The molecule has 0 bridgehead atoms. The van der Waals surface area contributed by atoms with Crippen molar-refractivity contribution < 1.29 is 14.3 Å². The van der Waals surface area contributed by atoms with Crippen LogP contribution in [0.5, 0.6) is 0 Å². The predicted octanol–water partition coefficient (Wildman–Crippen LogP) is 1.38. The van der Waals surface area contributed by atoms with E-state index >= 15 is 0 Å². The summed E-state index contributed by atoms with van der Waals surface area (Å²) in [5.41, 5.74) is 0.152. The third-order valence-corrected chi connectivity index (χ3v) is 1.92. The number of rotatable bonds is 2. The zero-order valence-electron chi connectivity index (χ0n) is 7.96. The first kappa shape index (κ1) is 10.2. The zero-order valence-corrected chi connectivity index (χ0v) is 7.96. The smallest absolute Gasteiger partial charge is 0.354 e. The Labute approximate surface area is 89.6 Å². The normalized spacial score (nSPS) is 10.1. The van der Waals surface area contributed by atoms with Gasteiger partial charge in [-0.2, -0.15) is 4.39 Å². The largest absolute Gasteiger partial charge is 0.477 e. The van der Waals surface area contributed by atoms with E-state index in [1.165, 1.54) is 18.3 Å². The summed E-state index contributed by atoms with van der Waals surface area (Å²) in [7, 11) is 0. The van der Waals surface area contributed by atoms with Gasteiger partial charge in [0, 0.05) is 6.20 Å². The Hall–Kier alpha value is -2.37. The lowest BCUT2D eigenvalue weighted by Crippen LogP contribution is -2.02. The molecule has 1 N–H and O–H groups in total. The van der Waals surface area contributed by atoms with Crippen molar-refractivity contribution in [3.05, 3.63) is 42.4 Å². The molecule has 16 heavy (non-hydrogen) atoms. The lowest BCUT2D eigenvalue weighted by atomic mass is 10.2. The number of nitrogens with zero attached hydrogens (tertiary/aromatic N) is 3. The number of pyridine rings is 1. The van der Waals surface area contributed by atoms with Crippen molar-refractivity contribution in [2.24, 2.45) is 0 Å². The van der Waals surface area contributed by atoms with Gasteiger partial charge in [-0.3, -0.25) is 0 Å². The summed E-state index contributed by atoms with van der Waals surface area (Å²) in [6.07, 6.45) is 2.38. The molecule has 0 saturated carbocycles. The van der Waals surface area contributed by atoms with Crippen LogP contribution < -0.4 is 0 Å². The molecule has 0 unspecified atom stereocenters. The van der Waals surface area contributed by atoms with Crippen LogP contribution in [0.4, 0.5) is 4.39 Å². The molecule has 0 saturated heterocycles. The van der Waals surface area contributed by atoms with Crippen LogP contribution in [0.1, 0.15) is 10.5 Å². The molecule has 2 rings (SSSR count). The van der Waals surface area contributed by atoms with E-state index in [1.54, 1.807) is 6.07 Å². The van der Waals surface area contributed by atoms with Gasteiger partial charge in [-0.1, -0.05) is 0 Å². The summed E-state index contributed by atoms with van der Waals surface area (Å²) in [5.74, 6) is -1.88. The van der Waals surface area contributed by atoms with Crippen molar-refractivity contribution in [2.75, 3.05) is 0 Å². The fraction of sp³-hybridized carbons (Fsp3) is 0. The molecule has 5 nitrogen and oxygen atoms in total. The van der Waals surface area contributed by atoms with E-state index in [0.717, 1.165) is 6.33 Å². The highest BCUT2D eigenvalue weighted by molar-refractivity contribution is 5.86. The van der Waals surface area contributed by atoms with E-state index in [1.807, 2.05) is 0 Å². The second-order valence-electron chi connectivity index (χ2n) is 2.94. The molecular weight excluding hydrogens is 213 g/mol. The van der Waals surface area contributed by atoms with E-state index in [9.17, 15) is 9.18 Å². The fourth-order valence-corrected chi connectivity index (χ4v) is 1.20. The van der Waals surface area contributed by atoms with Crippen molar-refractivity contribution in [3.8, 4) is 11.3 Å². The van der Waals surface area contributed by atoms with Gasteiger partial charge in [-0.15, -0.1) is 0 Å². The number of aromatic nitrogens is 3. The maximum Gasteiger partial charge on any atom is 0.354 e. The minimum Gasteiger partial charge on any atom is -0.477 e. The van der Waals surface area contributed by atoms with Crippen molar-refractivity contribution >= 4 is 5.97 Å². The van der Waals surface area contributed by atoms with Crippen LogP contribution in [0, 0.1) is 5.95 Å². The Bertz CT molecular complexity index is 545. The van der Waals surface area contributed by atoms with Gasteiger partial charge in [-0.25, -0.2) is 19.7 Å². The molecule has 2 aromatic rings. The van der Waals surface area contributed by atoms with E-state index in [0.29, 0.717) is 0 Å². The molecule has 0 spiro atoms. The van der Waals surface area contributed by atoms with E-state index < -0.39 is 11.9 Å². The average Bonchev–Trinajstić information content (AvgIpc) is 2.30. The maximum atomic E-state index is 13.3. The second-order valence-corrected chi connectivity index (χ2v) is 2.94. The van der Waals surface area contributed by atoms with Gasteiger partial charge in [-0.05, 0) is 18.2 Å². The molecule has 0 fully saturated rings. The summed E-state index contributed by atoms with van der Waals surface area (Å²) in [4.78, 5) is 21.5.